The lowest BCUT2D eigenvalue weighted by Crippen LogP contribution is -1.91. The molecule has 0 saturated heterocycles. The van der Waals surface area contributed by atoms with Crippen LogP contribution in [0.25, 0.3) is 0 Å². The Hall–Kier alpha value is -0.820. The molecule has 1 aromatic carbocycles. The molecule has 0 aromatic heterocycles. The Labute approximate surface area is 67.7 Å². The molecule has 0 bridgehead atoms. The van der Waals surface area contributed by atoms with Crippen LogP contribution in [0, 0.1) is 0 Å². The van der Waals surface area contributed by atoms with Gasteiger partial charge < -0.3 is 5.11 Å². The van der Waals surface area contributed by atoms with Gasteiger partial charge >= 0.3 is 0 Å². The summed E-state index contributed by atoms with van der Waals surface area (Å²) in [7, 11) is 0. The molecule has 11 heavy (non-hydrogen) atoms. The zero-order valence-corrected chi connectivity index (χ0v) is 7.04. The van der Waals surface area contributed by atoms with Crippen molar-refractivity contribution in [2.24, 2.45) is 0 Å². The fourth-order valence-electron chi connectivity index (χ4n) is 1.07. The first-order chi connectivity index (χ1) is 5.24. The van der Waals surface area contributed by atoms with Crippen molar-refractivity contribution in [3.05, 3.63) is 35.4 Å². The zero-order valence-electron chi connectivity index (χ0n) is 7.04. The van der Waals surface area contributed by atoms with Crippen molar-refractivity contribution in [1.29, 1.82) is 0 Å². The van der Waals surface area contributed by atoms with Gasteiger partial charge in [-0.1, -0.05) is 31.2 Å². The molecule has 1 rings (SSSR count). The molecule has 1 heteroatoms. The van der Waals surface area contributed by atoms with E-state index in [-0.39, 0.29) is 6.10 Å². The van der Waals surface area contributed by atoms with Crippen molar-refractivity contribution >= 4 is 0 Å². The van der Waals surface area contributed by atoms with Crippen LogP contribution in [0.15, 0.2) is 24.3 Å². The van der Waals surface area contributed by atoms with Crippen LogP contribution in [0.2, 0.25) is 0 Å². The quantitative estimate of drug-likeness (QED) is 0.685. The van der Waals surface area contributed by atoms with Crippen LogP contribution in [0.3, 0.4) is 0 Å². The molecule has 0 aliphatic heterocycles. The van der Waals surface area contributed by atoms with E-state index in [0.29, 0.717) is 0 Å². The molecule has 1 nitrogen and oxygen atoms in total. The summed E-state index contributed by atoms with van der Waals surface area (Å²) in [6.07, 6.45) is 0.682. The molecular formula is C10H14O. The van der Waals surface area contributed by atoms with Gasteiger partial charge in [0, 0.05) is 0 Å². The molecule has 1 aromatic rings. The van der Waals surface area contributed by atoms with Crippen molar-refractivity contribution in [3.8, 4) is 0 Å². The Bertz CT molecular complexity index is 228. The lowest BCUT2D eigenvalue weighted by Gasteiger charge is -2.05. The van der Waals surface area contributed by atoms with Crippen molar-refractivity contribution in [3.63, 3.8) is 0 Å². The van der Waals surface area contributed by atoms with Crippen molar-refractivity contribution in [1.82, 2.24) is 0 Å². The third-order valence-corrected chi connectivity index (χ3v) is 1.84. The standard InChI is InChI=1S/C10H14O/c1-3-9-5-4-6-10(7-9)8(2)11/h4-8,11H,3H2,1-2H3/t8-/m1/s1. The lowest BCUT2D eigenvalue weighted by molar-refractivity contribution is 0.199. The van der Waals surface area contributed by atoms with Gasteiger partial charge in [0.15, 0.2) is 0 Å². The van der Waals surface area contributed by atoms with Gasteiger partial charge in [-0.25, -0.2) is 0 Å². The summed E-state index contributed by atoms with van der Waals surface area (Å²) >= 11 is 0. The second kappa shape index (κ2) is 3.54. The molecule has 0 saturated carbocycles. The van der Waals surface area contributed by atoms with Crippen LogP contribution in [-0.4, -0.2) is 5.11 Å². The van der Waals surface area contributed by atoms with Crippen molar-refractivity contribution in [2.45, 2.75) is 26.4 Å². The fraction of sp³-hybridized carbons (Fsp3) is 0.400. The van der Waals surface area contributed by atoms with Crippen LogP contribution in [0.4, 0.5) is 0 Å². The SMILES string of the molecule is CCc1cccc([C@@H](C)O)c1. The molecule has 1 atom stereocenters. The normalized spacial score (nSPS) is 13.0. The van der Waals surface area contributed by atoms with E-state index < -0.39 is 0 Å². The van der Waals surface area contributed by atoms with Gasteiger partial charge in [0.05, 0.1) is 6.10 Å². The summed E-state index contributed by atoms with van der Waals surface area (Å²) in [4.78, 5) is 0. The van der Waals surface area contributed by atoms with E-state index in [2.05, 4.69) is 13.0 Å². The minimum Gasteiger partial charge on any atom is -0.389 e. The first-order valence-corrected chi connectivity index (χ1v) is 4.01. The summed E-state index contributed by atoms with van der Waals surface area (Å²) in [6.45, 7) is 3.90. The van der Waals surface area contributed by atoms with Gasteiger partial charge in [-0.05, 0) is 24.5 Å². The number of aryl methyl sites for hydroxylation is 1. The summed E-state index contributed by atoms with van der Waals surface area (Å²) in [5, 5.41) is 9.24. The third-order valence-electron chi connectivity index (χ3n) is 1.84. The van der Waals surface area contributed by atoms with Gasteiger partial charge in [-0.3, -0.25) is 0 Å². The average Bonchev–Trinajstić information content (AvgIpc) is 2.05. The number of hydrogen-bond donors (Lipinski definition) is 1. The first kappa shape index (κ1) is 8.28. The van der Waals surface area contributed by atoms with E-state index in [9.17, 15) is 5.11 Å². The zero-order chi connectivity index (χ0) is 8.27. The molecule has 0 unspecified atom stereocenters. The Morgan fingerprint density at radius 3 is 2.73 bits per heavy atom. The van der Waals surface area contributed by atoms with Crippen LogP contribution >= 0.6 is 0 Å². The smallest absolute Gasteiger partial charge is 0.0762 e. The number of rotatable bonds is 2. The van der Waals surface area contributed by atoms with Gasteiger partial charge in [0.2, 0.25) is 0 Å². The number of benzene rings is 1. The largest absolute Gasteiger partial charge is 0.389 e. The number of hydrogen-bond acceptors (Lipinski definition) is 1. The maximum Gasteiger partial charge on any atom is 0.0762 e. The van der Waals surface area contributed by atoms with Crippen LogP contribution in [-0.2, 0) is 6.42 Å². The minimum atomic E-state index is -0.346. The van der Waals surface area contributed by atoms with Crippen LogP contribution < -0.4 is 0 Å². The molecule has 60 valence electrons. The minimum absolute atomic E-state index is 0.346. The van der Waals surface area contributed by atoms with E-state index in [0.717, 1.165) is 12.0 Å². The summed E-state index contributed by atoms with van der Waals surface area (Å²) in [6, 6.07) is 8.06. The van der Waals surface area contributed by atoms with Gasteiger partial charge in [0.1, 0.15) is 0 Å². The van der Waals surface area contributed by atoms with Gasteiger partial charge in [-0.2, -0.15) is 0 Å². The number of aliphatic hydroxyl groups excluding tert-OH is 1. The van der Waals surface area contributed by atoms with Crippen molar-refractivity contribution in [2.75, 3.05) is 0 Å². The highest BCUT2D eigenvalue weighted by atomic mass is 16.3. The van der Waals surface area contributed by atoms with Crippen LogP contribution in [0.5, 0.6) is 0 Å². The second-order valence-electron chi connectivity index (χ2n) is 2.77. The predicted octanol–water partition coefficient (Wildman–Crippen LogP) is 2.30. The fourth-order valence-corrected chi connectivity index (χ4v) is 1.07. The summed E-state index contributed by atoms with van der Waals surface area (Å²) in [5.74, 6) is 0. The Morgan fingerprint density at radius 1 is 1.45 bits per heavy atom. The van der Waals surface area contributed by atoms with E-state index in [1.807, 2.05) is 18.2 Å². The highest BCUT2D eigenvalue weighted by Crippen LogP contribution is 2.13. The lowest BCUT2D eigenvalue weighted by atomic mass is 10.1. The Kier molecular flexibility index (Phi) is 2.66. The highest BCUT2D eigenvalue weighted by molar-refractivity contribution is 5.24. The Morgan fingerprint density at radius 2 is 2.18 bits per heavy atom. The molecule has 0 aliphatic carbocycles. The number of aliphatic hydroxyl groups is 1. The van der Waals surface area contributed by atoms with E-state index >= 15 is 0 Å². The van der Waals surface area contributed by atoms with Gasteiger partial charge in [-0.15, -0.1) is 0 Å². The molecule has 0 aliphatic rings. The first-order valence-electron chi connectivity index (χ1n) is 4.01. The van der Waals surface area contributed by atoms with Crippen molar-refractivity contribution < 1.29 is 5.11 Å². The maximum absolute atomic E-state index is 9.24. The molecule has 0 radical (unpaired) electrons. The van der Waals surface area contributed by atoms with E-state index in [1.54, 1.807) is 6.92 Å². The summed E-state index contributed by atoms with van der Waals surface area (Å²) in [5.41, 5.74) is 2.28. The topological polar surface area (TPSA) is 20.2 Å². The highest BCUT2D eigenvalue weighted by Gasteiger charge is 1.99. The van der Waals surface area contributed by atoms with E-state index in [1.165, 1.54) is 5.56 Å². The predicted molar refractivity (Wildman–Crippen MR) is 46.5 cm³/mol. The molecule has 1 N–H and O–H groups in total. The molecule has 0 spiro atoms. The maximum atomic E-state index is 9.24. The second-order valence-corrected chi connectivity index (χ2v) is 2.77. The third kappa shape index (κ3) is 2.05. The Balaban J connectivity index is 2.91. The average molecular weight is 150 g/mol. The molecule has 0 amide bonds. The van der Waals surface area contributed by atoms with Crippen LogP contribution in [0.1, 0.15) is 31.1 Å². The molecule has 0 fully saturated rings. The summed E-state index contributed by atoms with van der Waals surface area (Å²) < 4.78 is 0. The molecular weight excluding hydrogens is 136 g/mol. The van der Waals surface area contributed by atoms with Gasteiger partial charge in [0.25, 0.3) is 0 Å². The monoisotopic (exact) mass is 150 g/mol. The van der Waals surface area contributed by atoms with E-state index in [4.69, 9.17) is 0 Å². The molecule has 0 heterocycles.